The van der Waals surface area contributed by atoms with E-state index in [1.165, 1.54) is 6.07 Å². The summed E-state index contributed by atoms with van der Waals surface area (Å²) in [5.74, 6) is 0.260. The number of hydrogen-bond donors (Lipinski definition) is 1. The fraction of sp³-hybridized carbons (Fsp3) is 0.350. The Labute approximate surface area is 142 Å². The van der Waals surface area contributed by atoms with Crippen molar-refractivity contribution in [2.24, 2.45) is 0 Å². The molecule has 128 valence electrons. The zero-order valence-corrected chi connectivity index (χ0v) is 14.4. The van der Waals surface area contributed by atoms with Gasteiger partial charge in [0.15, 0.2) is 0 Å². The Morgan fingerprint density at radius 3 is 2.58 bits per heavy atom. The van der Waals surface area contributed by atoms with Crippen LogP contribution in [0.4, 0.5) is 4.39 Å². The topological polar surface area (TPSA) is 38.3 Å². The lowest BCUT2D eigenvalue weighted by Gasteiger charge is -2.14. The summed E-state index contributed by atoms with van der Waals surface area (Å²) in [6, 6.07) is 14.2. The summed E-state index contributed by atoms with van der Waals surface area (Å²) in [6.45, 7) is 6.23. The number of carbonyl (C=O) groups is 1. The van der Waals surface area contributed by atoms with E-state index in [1.807, 2.05) is 45.0 Å². The molecule has 1 N–H and O–H groups in total. The van der Waals surface area contributed by atoms with Crippen molar-refractivity contribution >= 4 is 5.91 Å². The van der Waals surface area contributed by atoms with Gasteiger partial charge in [-0.3, -0.25) is 4.79 Å². The minimum absolute atomic E-state index is 0.0964. The highest BCUT2D eigenvalue weighted by molar-refractivity contribution is 5.76. The second-order valence-corrected chi connectivity index (χ2v) is 6.22. The van der Waals surface area contributed by atoms with Crippen LogP contribution in [0.1, 0.15) is 44.2 Å². The third kappa shape index (κ3) is 5.37. The molecule has 24 heavy (non-hydrogen) atoms. The number of hydrogen-bond acceptors (Lipinski definition) is 2. The number of benzene rings is 2. The van der Waals surface area contributed by atoms with Crippen molar-refractivity contribution in [3.05, 3.63) is 65.5 Å². The second kappa shape index (κ2) is 8.48. The summed E-state index contributed by atoms with van der Waals surface area (Å²) in [5.41, 5.74) is 1.54. The van der Waals surface area contributed by atoms with Crippen LogP contribution >= 0.6 is 0 Å². The summed E-state index contributed by atoms with van der Waals surface area (Å²) in [6.07, 6.45) is 0.361. The van der Waals surface area contributed by atoms with E-state index in [-0.39, 0.29) is 30.2 Å². The van der Waals surface area contributed by atoms with Crippen LogP contribution in [0.15, 0.2) is 48.5 Å². The van der Waals surface area contributed by atoms with E-state index in [1.54, 1.807) is 18.2 Å². The molecular formula is C20H24FNO2. The van der Waals surface area contributed by atoms with Crippen LogP contribution in [0.2, 0.25) is 0 Å². The molecule has 2 rings (SSSR count). The average Bonchev–Trinajstić information content (AvgIpc) is 2.53. The van der Waals surface area contributed by atoms with Gasteiger partial charge in [-0.05, 0) is 49.1 Å². The van der Waals surface area contributed by atoms with Crippen LogP contribution < -0.4 is 10.1 Å². The molecule has 2 aromatic rings. The number of halogens is 1. The van der Waals surface area contributed by atoms with E-state index in [0.29, 0.717) is 12.1 Å². The van der Waals surface area contributed by atoms with Gasteiger partial charge in [0, 0.05) is 13.0 Å². The Kier molecular flexibility index (Phi) is 6.36. The minimum atomic E-state index is -0.267. The van der Waals surface area contributed by atoms with Crippen molar-refractivity contribution in [1.29, 1.82) is 0 Å². The Hall–Kier alpha value is -2.36. The van der Waals surface area contributed by atoms with Crippen molar-refractivity contribution in [3.63, 3.8) is 0 Å². The first-order chi connectivity index (χ1) is 11.5. The SMILES string of the molecule is CC(C)Oc1cccc(CNC(=O)CC(C)c2ccccc2F)c1. The molecule has 0 aliphatic rings. The van der Waals surface area contributed by atoms with Gasteiger partial charge in [0.25, 0.3) is 0 Å². The molecule has 1 amide bonds. The standard InChI is InChI=1S/C20H24FNO2/c1-14(2)24-17-8-6-7-16(12-17)13-22-20(23)11-15(3)18-9-4-5-10-19(18)21/h4-10,12,14-15H,11,13H2,1-3H3,(H,22,23). The quantitative estimate of drug-likeness (QED) is 0.816. The van der Waals surface area contributed by atoms with Crippen LogP contribution in [0.25, 0.3) is 0 Å². The minimum Gasteiger partial charge on any atom is -0.491 e. The molecule has 2 aromatic carbocycles. The van der Waals surface area contributed by atoms with E-state index < -0.39 is 0 Å². The van der Waals surface area contributed by atoms with E-state index in [4.69, 9.17) is 4.74 Å². The van der Waals surface area contributed by atoms with Crippen molar-refractivity contribution < 1.29 is 13.9 Å². The van der Waals surface area contributed by atoms with Crippen LogP contribution in [0, 0.1) is 5.82 Å². The van der Waals surface area contributed by atoms with Gasteiger partial charge in [-0.1, -0.05) is 37.3 Å². The summed E-state index contributed by atoms with van der Waals surface area (Å²) < 4.78 is 19.4. The fourth-order valence-electron chi connectivity index (χ4n) is 2.54. The number of amides is 1. The van der Waals surface area contributed by atoms with E-state index in [2.05, 4.69) is 5.32 Å². The molecule has 0 saturated carbocycles. The van der Waals surface area contributed by atoms with Crippen LogP contribution in [0.5, 0.6) is 5.75 Å². The Bertz CT molecular complexity index is 685. The van der Waals surface area contributed by atoms with Crippen molar-refractivity contribution in [2.45, 2.75) is 45.8 Å². The summed E-state index contributed by atoms with van der Waals surface area (Å²) >= 11 is 0. The maximum atomic E-state index is 13.7. The van der Waals surface area contributed by atoms with Crippen LogP contribution in [-0.2, 0) is 11.3 Å². The molecule has 1 atom stereocenters. The molecule has 0 heterocycles. The fourth-order valence-corrected chi connectivity index (χ4v) is 2.54. The van der Waals surface area contributed by atoms with Gasteiger partial charge in [-0.25, -0.2) is 4.39 Å². The van der Waals surface area contributed by atoms with Gasteiger partial charge in [-0.15, -0.1) is 0 Å². The third-order valence-electron chi connectivity index (χ3n) is 3.69. The predicted molar refractivity (Wildman–Crippen MR) is 93.5 cm³/mol. The van der Waals surface area contributed by atoms with Crippen molar-refractivity contribution in [3.8, 4) is 5.75 Å². The third-order valence-corrected chi connectivity index (χ3v) is 3.69. The zero-order valence-electron chi connectivity index (χ0n) is 14.4. The van der Waals surface area contributed by atoms with Gasteiger partial charge in [0.1, 0.15) is 11.6 Å². The van der Waals surface area contributed by atoms with Gasteiger partial charge in [0.05, 0.1) is 6.10 Å². The Balaban J connectivity index is 1.88. The highest BCUT2D eigenvalue weighted by atomic mass is 19.1. The van der Waals surface area contributed by atoms with Gasteiger partial charge >= 0.3 is 0 Å². The molecule has 0 aromatic heterocycles. The number of rotatable bonds is 7. The van der Waals surface area contributed by atoms with Gasteiger partial charge in [-0.2, -0.15) is 0 Å². The smallest absolute Gasteiger partial charge is 0.220 e. The van der Waals surface area contributed by atoms with E-state index in [9.17, 15) is 9.18 Å². The largest absolute Gasteiger partial charge is 0.491 e. The maximum Gasteiger partial charge on any atom is 0.220 e. The lowest BCUT2D eigenvalue weighted by atomic mass is 9.97. The maximum absolute atomic E-state index is 13.7. The van der Waals surface area contributed by atoms with Gasteiger partial charge < -0.3 is 10.1 Å². The first-order valence-electron chi connectivity index (χ1n) is 8.22. The highest BCUT2D eigenvalue weighted by Crippen LogP contribution is 2.21. The van der Waals surface area contributed by atoms with Crippen LogP contribution in [-0.4, -0.2) is 12.0 Å². The summed E-state index contributed by atoms with van der Waals surface area (Å²) in [4.78, 5) is 12.1. The molecule has 0 bridgehead atoms. The molecule has 0 saturated heterocycles. The molecule has 0 spiro atoms. The predicted octanol–water partition coefficient (Wildman–Crippen LogP) is 4.42. The van der Waals surface area contributed by atoms with Crippen LogP contribution in [0.3, 0.4) is 0 Å². The first-order valence-corrected chi connectivity index (χ1v) is 8.22. The number of ether oxygens (including phenoxy) is 1. The normalized spacial score (nSPS) is 12.0. The number of carbonyl (C=O) groups excluding carboxylic acids is 1. The Morgan fingerprint density at radius 2 is 1.88 bits per heavy atom. The molecule has 0 aliphatic carbocycles. The van der Waals surface area contributed by atoms with Crippen molar-refractivity contribution in [2.75, 3.05) is 0 Å². The molecule has 4 heteroatoms. The highest BCUT2D eigenvalue weighted by Gasteiger charge is 2.14. The number of nitrogens with one attached hydrogen (secondary N) is 1. The molecule has 0 radical (unpaired) electrons. The molecule has 0 aliphatic heterocycles. The zero-order chi connectivity index (χ0) is 17.5. The van der Waals surface area contributed by atoms with E-state index >= 15 is 0 Å². The summed E-state index contributed by atoms with van der Waals surface area (Å²) in [5, 5.41) is 2.88. The Morgan fingerprint density at radius 1 is 1.12 bits per heavy atom. The molecule has 0 fully saturated rings. The lowest BCUT2D eigenvalue weighted by Crippen LogP contribution is -2.24. The molecular weight excluding hydrogens is 305 g/mol. The average molecular weight is 329 g/mol. The monoisotopic (exact) mass is 329 g/mol. The first kappa shape index (κ1) is 18.0. The lowest BCUT2D eigenvalue weighted by molar-refractivity contribution is -0.121. The summed E-state index contributed by atoms with van der Waals surface area (Å²) in [7, 11) is 0. The molecule has 3 nitrogen and oxygen atoms in total. The van der Waals surface area contributed by atoms with Crippen molar-refractivity contribution in [1.82, 2.24) is 5.32 Å². The second-order valence-electron chi connectivity index (χ2n) is 6.22. The molecule has 1 unspecified atom stereocenters. The van der Waals surface area contributed by atoms with Gasteiger partial charge in [0.2, 0.25) is 5.91 Å². The van der Waals surface area contributed by atoms with E-state index in [0.717, 1.165) is 11.3 Å².